The molecule has 0 bridgehead atoms. The number of carboxylic acids is 1. The SMILES string of the molecule is COc1ccc(C(F)(F)F)cc1-c1ccc(C[C@H](NC(=O)[C@@H]2CCCN2C)C(=O)O)cc1. The fraction of sp³-hybridized carbons (Fsp3) is 0.391. The smallest absolute Gasteiger partial charge is 0.416 e. The first-order valence-electron chi connectivity index (χ1n) is 10.2. The van der Waals surface area contributed by atoms with Crippen molar-refractivity contribution >= 4 is 11.9 Å². The highest BCUT2D eigenvalue weighted by atomic mass is 19.4. The summed E-state index contributed by atoms with van der Waals surface area (Å²) in [6, 6.07) is 8.29. The van der Waals surface area contributed by atoms with E-state index in [2.05, 4.69) is 5.32 Å². The second-order valence-corrected chi connectivity index (χ2v) is 7.85. The molecule has 32 heavy (non-hydrogen) atoms. The first-order valence-corrected chi connectivity index (χ1v) is 10.2. The fourth-order valence-corrected chi connectivity index (χ4v) is 3.88. The number of nitrogens with zero attached hydrogens (tertiary/aromatic N) is 1. The number of alkyl halides is 3. The summed E-state index contributed by atoms with van der Waals surface area (Å²) in [6.45, 7) is 0.788. The van der Waals surface area contributed by atoms with Gasteiger partial charge < -0.3 is 15.2 Å². The molecule has 2 aromatic rings. The third-order valence-corrected chi connectivity index (χ3v) is 5.67. The van der Waals surface area contributed by atoms with Gasteiger partial charge in [-0.3, -0.25) is 9.69 Å². The van der Waals surface area contributed by atoms with Crippen molar-refractivity contribution in [3.63, 3.8) is 0 Å². The van der Waals surface area contributed by atoms with Crippen LogP contribution in [0.25, 0.3) is 11.1 Å². The third kappa shape index (κ3) is 5.40. The second-order valence-electron chi connectivity index (χ2n) is 7.85. The first-order chi connectivity index (χ1) is 15.1. The molecule has 1 saturated heterocycles. The number of hydrogen-bond acceptors (Lipinski definition) is 4. The molecule has 2 N–H and O–H groups in total. The molecule has 1 heterocycles. The van der Waals surface area contributed by atoms with E-state index in [1.54, 1.807) is 24.3 Å². The van der Waals surface area contributed by atoms with Crippen molar-refractivity contribution in [3.05, 3.63) is 53.6 Å². The Morgan fingerprint density at radius 3 is 2.44 bits per heavy atom. The zero-order chi connectivity index (χ0) is 23.5. The van der Waals surface area contributed by atoms with Crippen molar-refractivity contribution < 1.29 is 32.6 Å². The van der Waals surface area contributed by atoms with Crippen LogP contribution in [0.1, 0.15) is 24.0 Å². The number of halogens is 3. The van der Waals surface area contributed by atoms with Crippen LogP contribution in [0, 0.1) is 0 Å². The fourth-order valence-electron chi connectivity index (χ4n) is 3.88. The van der Waals surface area contributed by atoms with Gasteiger partial charge >= 0.3 is 12.1 Å². The molecule has 1 amide bonds. The zero-order valence-corrected chi connectivity index (χ0v) is 17.8. The lowest BCUT2D eigenvalue weighted by atomic mass is 9.98. The maximum atomic E-state index is 13.1. The normalized spacial score (nSPS) is 17.7. The highest BCUT2D eigenvalue weighted by Crippen LogP contribution is 2.37. The Morgan fingerprint density at radius 1 is 1.22 bits per heavy atom. The number of likely N-dealkylation sites (tertiary alicyclic amines) is 1. The van der Waals surface area contributed by atoms with Gasteiger partial charge in [0.05, 0.1) is 18.7 Å². The number of nitrogens with one attached hydrogen (secondary N) is 1. The van der Waals surface area contributed by atoms with Crippen LogP contribution in [0.5, 0.6) is 5.75 Å². The van der Waals surface area contributed by atoms with E-state index in [0.717, 1.165) is 25.1 Å². The van der Waals surface area contributed by atoms with Gasteiger partial charge in [0, 0.05) is 12.0 Å². The minimum Gasteiger partial charge on any atom is -0.496 e. The van der Waals surface area contributed by atoms with Gasteiger partial charge in [0.15, 0.2) is 0 Å². The molecule has 172 valence electrons. The van der Waals surface area contributed by atoms with Gasteiger partial charge in [0.1, 0.15) is 11.8 Å². The Morgan fingerprint density at radius 2 is 1.91 bits per heavy atom. The highest BCUT2D eigenvalue weighted by Gasteiger charge is 2.32. The van der Waals surface area contributed by atoms with Gasteiger partial charge in [-0.25, -0.2) is 4.79 Å². The van der Waals surface area contributed by atoms with E-state index in [1.165, 1.54) is 13.2 Å². The van der Waals surface area contributed by atoms with Crippen LogP contribution in [-0.2, 0) is 22.2 Å². The maximum absolute atomic E-state index is 13.1. The Kier molecular flexibility index (Phi) is 7.08. The largest absolute Gasteiger partial charge is 0.496 e. The minimum absolute atomic E-state index is 0.0531. The van der Waals surface area contributed by atoms with E-state index in [-0.39, 0.29) is 23.9 Å². The predicted molar refractivity (Wildman–Crippen MR) is 112 cm³/mol. The van der Waals surface area contributed by atoms with E-state index in [9.17, 15) is 27.9 Å². The molecular formula is C23H25F3N2O4. The molecule has 2 atom stereocenters. The van der Waals surface area contributed by atoms with Crippen molar-refractivity contribution in [2.75, 3.05) is 20.7 Å². The first kappa shape index (κ1) is 23.6. The summed E-state index contributed by atoms with van der Waals surface area (Å²) in [6.07, 6.45) is -2.87. The number of benzene rings is 2. The summed E-state index contributed by atoms with van der Waals surface area (Å²) in [5, 5.41) is 12.1. The van der Waals surface area contributed by atoms with Gasteiger partial charge in [-0.2, -0.15) is 13.2 Å². The number of carbonyl (C=O) groups is 2. The van der Waals surface area contributed by atoms with E-state index in [4.69, 9.17) is 4.74 Å². The molecular weight excluding hydrogens is 425 g/mol. The maximum Gasteiger partial charge on any atom is 0.416 e. The Hall–Kier alpha value is -3.07. The van der Waals surface area contributed by atoms with Crippen LogP contribution >= 0.6 is 0 Å². The standard InChI is InChI=1S/C23H25F3N2O4/c1-28-11-3-4-19(28)21(29)27-18(22(30)31)12-14-5-7-15(8-6-14)17-13-16(23(24,25)26)9-10-20(17)32-2/h5-10,13,18-19H,3-4,11-12H2,1-2H3,(H,27,29)(H,30,31)/t18-,19-/m0/s1. The number of ether oxygens (including phenoxy) is 1. The van der Waals surface area contributed by atoms with Gasteiger partial charge in [-0.05, 0) is 55.8 Å². The van der Waals surface area contributed by atoms with Crippen molar-refractivity contribution in [2.24, 2.45) is 0 Å². The molecule has 6 nitrogen and oxygen atoms in total. The number of amides is 1. The number of aliphatic carboxylic acids is 1. The molecule has 9 heteroatoms. The number of rotatable bonds is 7. The molecule has 1 aliphatic rings. The monoisotopic (exact) mass is 450 g/mol. The van der Waals surface area contributed by atoms with Crippen LogP contribution < -0.4 is 10.1 Å². The summed E-state index contributed by atoms with van der Waals surface area (Å²) in [5.41, 5.74) is 0.622. The van der Waals surface area contributed by atoms with E-state index in [0.29, 0.717) is 23.3 Å². The van der Waals surface area contributed by atoms with E-state index < -0.39 is 23.8 Å². The molecule has 2 aromatic carbocycles. The second kappa shape index (κ2) is 9.60. The van der Waals surface area contributed by atoms with Crippen LogP contribution in [0.2, 0.25) is 0 Å². The molecule has 0 saturated carbocycles. The molecule has 0 unspecified atom stereocenters. The minimum atomic E-state index is -4.48. The Bertz CT molecular complexity index is 976. The van der Waals surface area contributed by atoms with Crippen LogP contribution in [0.3, 0.4) is 0 Å². The molecule has 0 spiro atoms. The molecule has 1 fully saturated rings. The Labute approximate surface area is 184 Å². The lowest BCUT2D eigenvalue weighted by Crippen LogP contribution is -2.49. The van der Waals surface area contributed by atoms with Crippen molar-refractivity contribution in [3.8, 4) is 16.9 Å². The van der Waals surface area contributed by atoms with E-state index >= 15 is 0 Å². The number of likely N-dealkylation sites (N-methyl/N-ethyl adjacent to an activating group) is 1. The van der Waals surface area contributed by atoms with Gasteiger partial charge in [0.2, 0.25) is 5.91 Å². The number of hydrogen-bond donors (Lipinski definition) is 2. The molecule has 0 aliphatic carbocycles. The van der Waals surface area contributed by atoms with Gasteiger partial charge in [-0.1, -0.05) is 24.3 Å². The van der Waals surface area contributed by atoms with Crippen LogP contribution in [0.4, 0.5) is 13.2 Å². The summed E-state index contributed by atoms with van der Waals surface area (Å²) in [4.78, 5) is 26.0. The number of carboxylic acid groups (broad SMARTS) is 1. The summed E-state index contributed by atoms with van der Waals surface area (Å²) < 4.78 is 44.5. The molecule has 3 rings (SSSR count). The summed E-state index contributed by atoms with van der Waals surface area (Å²) in [5.74, 6) is -1.17. The van der Waals surface area contributed by atoms with Crippen molar-refractivity contribution in [2.45, 2.75) is 37.5 Å². The quantitative estimate of drug-likeness (QED) is 0.674. The molecule has 0 radical (unpaired) electrons. The highest BCUT2D eigenvalue weighted by molar-refractivity contribution is 5.87. The number of methoxy groups -OCH3 is 1. The zero-order valence-electron chi connectivity index (χ0n) is 17.8. The third-order valence-electron chi connectivity index (χ3n) is 5.67. The average molecular weight is 450 g/mol. The number of carbonyl (C=O) groups excluding carboxylic acids is 1. The molecule has 0 aromatic heterocycles. The lowest BCUT2D eigenvalue weighted by molar-refractivity contribution is -0.142. The summed E-state index contributed by atoms with van der Waals surface area (Å²) >= 11 is 0. The van der Waals surface area contributed by atoms with Crippen LogP contribution in [-0.4, -0.2) is 54.7 Å². The Balaban J connectivity index is 1.77. The van der Waals surface area contributed by atoms with Crippen molar-refractivity contribution in [1.82, 2.24) is 10.2 Å². The van der Waals surface area contributed by atoms with Gasteiger partial charge in [-0.15, -0.1) is 0 Å². The van der Waals surface area contributed by atoms with Crippen LogP contribution in [0.15, 0.2) is 42.5 Å². The topological polar surface area (TPSA) is 78.9 Å². The van der Waals surface area contributed by atoms with Gasteiger partial charge in [0.25, 0.3) is 0 Å². The molecule has 1 aliphatic heterocycles. The lowest BCUT2D eigenvalue weighted by Gasteiger charge is -2.22. The summed E-state index contributed by atoms with van der Waals surface area (Å²) in [7, 11) is 3.20. The average Bonchev–Trinajstić information content (AvgIpc) is 3.18. The van der Waals surface area contributed by atoms with Crippen molar-refractivity contribution in [1.29, 1.82) is 0 Å². The van der Waals surface area contributed by atoms with E-state index in [1.807, 2.05) is 11.9 Å². The predicted octanol–water partition coefficient (Wildman–Crippen LogP) is 3.59.